The number of aromatic nitrogens is 1. The number of ketones is 1. The van der Waals surface area contributed by atoms with E-state index in [9.17, 15) is 9.59 Å². The lowest BCUT2D eigenvalue weighted by atomic mass is 9.93. The van der Waals surface area contributed by atoms with Gasteiger partial charge in [0.15, 0.2) is 11.5 Å². The summed E-state index contributed by atoms with van der Waals surface area (Å²) >= 11 is 0. The minimum Gasteiger partial charge on any atom is -0.361 e. The van der Waals surface area contributed by atoms with E-state index in [1.807, 2.05) is 27.7 Å². The number of hydrogen-bond acceptors (Lipinski definition) is 4. The summed E-state index contributed by atoms with van der Waals surface area (Å²) in [6.07, 6.45) is 0.649. The second-order valence-corrected chi connectivity index (χ2v) is 5.94. The maximum absolute atomic E-state index is 12.4. The van der Waals surface area contributed by atoms with Crippen LogP contribution in [-0.2, 0) is 4.79 Å². The minimum absolute atomic E-state index is 0.0785. The molecule has 1 amide bonds. The van der Waals surface area contributed by atoms with Gasteiger partial charge in [0, 0.05) is 19.0 Å². The normalized spacial score (nSPS) is 12.8. The smallest absolute Gasteiger partial charge is 0.276 e. The highest BCUT2D eigenvalue weighted by Crippen LogP contribution is 2.17. The van der Waals surface area contributed by atoms with Crippen LogP contribution >= 0.6 is 0 Å². The largest absolute Gasteiger partial charge is 0.361 e. The number of carbonyl (C=O) groups excluding carboxylic acids is 2. The molecular weight excluding hydrogens is 256 g/mol. The van der Waals surface area contributed by atoms with Crippen LogP contribution in [0.2, 0.25) is 0 Å². The fourth-order valence-corrected chi connectivity index (χ4v) is 2.09. The van der Waals surface area contributed by atoms with Crippen LogP contribution in [0, 0.1) is 18.8 Å². The Morgan fingerprint density at radius 1 is 1.30 bits per heavy atom. The highest BCUT2D eigenvalue weighted by atomic mass is 16.5. The van der Waals surface area contributed by atoms with E-state index in [1.165, 1.54) is 4.90 Å². The third-order valence-electron chi connectivity index (χ3n) is 3.23. The molecular formula is C15H24N2O3. The predicted molar refractivity (Wildman–Crippen MR) is 76.4 cm³/mol. The zero-order valence-corrected chi connectivity index (χ0v) is 13.1. The molecule has 0 aliphatic heterocycles. The molecule has 0 spiro atoms. The van der Waals surface area contributed by atoms with Crippen LogP contribution in [-0.4, -0.2) is 34.8 Å². The van der Waals surface area contributed by atoms with Crippen molar-refractivity contribution in [1.82, 2.24) is 10.1 Å². The summed E-state index contributed by atoms with van der Waals surface area (Å²) in [4.78, 5) is 26.2. The topological polar surface area (TPSA) is 63.4 Å². The molecule has 5 heteroatoms. The first-order chi connectivity index (χ1) is 9.23. The van der Waals surface area contributed by atoms with Crippen LogP contribution in [0.3, 0.4) is 0 Å². The summed E-state index contributed by atoms with van der Waals surface area (Å²) in [7, 11) is 1.65. The molecule has 0 saturated heterocycles. The second kappa shape index (κ2) is 6.68. The summed E-state index contributed by atoms with van der Waals surface area (Å²) < 4.78 is 4.92. The first-order valence-corrected chi connectivity index (χ1v) is 6.98. The van der Waals surface area contributed by atoms with E-state index < -0.39 is 6.04 Å². The average molecular weight is 280 g/mol. The van der Waals surface area contributed by atoms with E-state index in [-0.39, 0.29) is 23.3 Å². The van der Waals surface area contributed by atoms with Crippen LogP contribution in [0.5, 0.6) is 0 Å². The van der Waals surface area contributed by atoms with Crippen molar-refractivity contribution in [2.45, 2.75) is 47.1 Å². The maximum Gasteiger partial charge on any atom is 0.276 e. The lowest BCUT2D eigenvalue weighted by Crippen LogP contribution is -2.45. The Kier molecular flexibility index (Phi) is 5.48. The van der Waals surface area contributed by atoms with Gasteiger partial charge in [-0.25, -0.2) is 0 Å². The van der Waals surface area contributed by atoms with Crippen molar-refractivity contribution >= 4 is 11.7 Å². The standard InChI is InChI=1S/C15H24N2O3/c1-9(2)7-13(14(18)10(3)4)17(6)15(19)12-8-11(5)20-16-12/h8-10,13H,7H2,1-6H3/t13-/m1/s1. The van der Waals surface area contributed by atoms with Crippen molar-refractivity contribution in [2.24, 2.45) is 11.8 Å². The first kappa shape index (κ1) is 16.4. The van der Waals surface area contributed by atoms with Crippen molar-refractivity contribution in [2.75, 3.05) is 7.05 Å². The van der Waals surface area contributed by atoms with E-state index in [4.69, 9.17) is 4.52 Å². The number of nitrogens with zero attached hydrogens (tertiary/aromatic N) is 2. The van der Waals surface area contributed by atoms with E-state index >= 15 is 0 Å². The second-order valence-electron chi connectivity index (χ2n) is 5.94. The van der Waals surface area contributed by atoms with Crippen LogP contribution < -0.4 is 0 Å². The molecule has 5 nitrogen and oxygen atoms in total. The molecule has 0 fully saturated rings. The van der Waals surface area contributed by atoms with Crippen molar-refractivity contribution in [3.8, 4) is 0 Å². The SMILES string of the molecule is Cc1cc(C(=O)N(C)[C@H](CC(C)C)C(=O)C(C)C)no1. The molecule has 1 aromatic heterocycles. The van der Waals surface area contributed by atoms with Crippen LogP contribution in [0.15, 0.2) is 10.6 Å². The molecule has 0 aliphatic rings. The summed E-state index contributed by atoms with van der Waals surface area (Å²) in [6, 6.07) is 1.17. The Morgan fingerprint density at radius 2 is 1.90 bits per heavy atom. The molecule has 20 heavy (non-hydrogen) atoms. The van der Waals surface area contributed by atoms with Crippen molar-refractivity contribution in [1.29, 1.82) is 0 Å². The molecule has 1 atom stereocenters. The Balaban J connectivity index is 2.95. The van der Waals surface area contributed by atoms with Crippen LogP contribution in [0.25, 0.3) is 0 Å². The van der Waals surface area contributed by atoms with Gasteiger partial charge in [0.1, 0.15) is 5.76 Å². The third kappa shape index (κ3) is 3.92. The molecule has 1 heterocycles. The number of aryl methyl sites for hydroxylation is 1. The molecule has 0 unspecified atom stereocenters. The van der Waals surface area contributed by atoms with Gasteiger partial charge in [-0.15, -0.1) is 0 Å². The van der Waals surface area contributed by atoms with Crippen molar-refractivity contribution < 1.29 is 14.1 Å². The van der Waals surface area contributed by atoms with E-state index in [1.54, 1.807) is 20.0 Å². The molecule has 0 bridgehead atoms. The van der Waals surface area contributed by atoms with Gasteiger partial charge in [-0.1, -0.05) is 32.9 Å². The van der Waals surface area contributed by atoms with Gasteiger partial charge in [-0.2, -0.15) is 0 Å². The van der Waals surface area contributed by atoms with E-state index in [0.717, 1.165) is 0 Å². The van der Waals surface area contributed by atoms with Crippen LogP contribution in [0.4, 0.5) is 0 Å². The monoisotopic (exact) mass is 280 g/mol. The fourth-order valence-electron chi connectivity index (χ4n) is 2.09. The quantitative estimate of drug-likeness (QED) is 0.803. The zero-order valence-electron chi connectivity index (χ0n) is 13.1. The first-order valence-electron chi connectivity index (χ1n) is 6.98. The molecule has 0 aliphatic carbocycles. The highest BCUT2D eigenvalue weighted by molar-refractivity contribution is 5.96. The molecule has 112 valence electrons. The molecule has 0 aromatic carbocycles. The fraction of sp³-hybridized carbons (Fsp3) is 0.667. The zero-order chi connectivity index (χ0) is 15.4. The van der Waals surface area contributed by atoms with E-state index in [0.29, 0.717) is 18.1 Å². The highest BCUT2D eigenvalue weighted by Gasteiger charge is 2.30. The van der Waals surface area contributed by atoms with Gasteiger partial charge in [0.25, 0.3) is 5.91 Å². The molecule has 1 rings (SSSR count). The molecule has 0 saturated carbocycles. The summed E-state index contributed by atoms with van der Waals surface area (Å²) in [5, 5.41) is 3.73. The molecule has 1 aromatic rings. The summed E-state index contributed by atoms with van der Waals surface area (Å²) in [5.74, 6) is 0.610. The Hall–Kier alpha value is -1.65. The Labute approximate surface area is 120 Å². The summed E-state index contributed by atoms with van der Waals surface area (Å²) in [5.41, 5.74) is 0.246. The number of hydrogen-bond donors (Lipinski definition) is 0. The number of carbonyl (C=O) groups is 2. The average Bonchev–Trinajstić information content (AvgIpc) is 2.79. The molecule has 0 radical (unpaired) electrons. The number of likely N-dealkylation sites (N-methyl/N-ethyl adjacent to an activating group) is 1. The molecule has 0 N–H and O–H groups in total. The van der Waals surface area contributed by atoms with Gasteiger partial charge in [-0.05, 0) is 19.3 Å². The Bertz CT molecular complexity index is 477. The number of Topliss-reactive ketones (excluding diaryl/α,β-unsaturated/α-hetero) is 1. The third-order valence-corrected chi connectivity index (χ3v) is 3.23. The maximum atomic E-state index is 12.4. The Morgan fingerprint density at radius 3 is 2.30 bits per heavy atom. The van der Waals surface area contributed by atoms with Gasteiger partial charge in [0.05, 0.1) is 6.04 Å². The minimum atomic E-state index is -0.417. The summed E-state index contributed by atoms with van der Waals surface area (Å²) in [6.45, 7) is 9.52. The lowest BCUT2D eigenvalue weighted by Gasteiger charge is -2.29. The van der Waals surface area contributed by atoms with Crippen LogP contribution in [0.1, 0.15) is 50.4 Å². The van der Waals surface area contributed by atoms with Gasteiger partial charge in [-0.3, -0.25) is 9.59 Å². The lowest BCUT2D eigenvalue weighted by molar-refractivity contribution is -0.126. The van der Waals surface area contributed by atoms with Gasteiger partial charge in [0.2, 0.25) is 0 Å². The number of amides is 1. The van der Waals surface area contributed by atoms with Gasteiger partial charge < -0.3 is 9.42 Å². The predicted octanol–water partition coefficient (Wildman–Crippen LogP) is 2.69. The van der Waals surface area contributed by atoms with Crippen molar-refractivity contribution in [3.63, 3.8) is 0 Å². The number of rotatable bonds is 6. The van der Waals surface area contributed by atoms with Crippen molar-refractivity contribution in [3.05, 3.63) is 17.5 Å². The van der Waals surface area contributed by atoms with E-state index in [2.05, 4.69) is 5.16 Å². The van der Waals surface area contributed by atoms with Gasteiger partial charge >= 0.3 is 0 Å².